The highest BCUT2D eigenvalue weighted by Crippen LogP contribution is 2.42. The Kier molecular flexibility index (Phi) is 7.27. The number of halogens is 3. The van der Waals surface area contributed by atoms with Gasteiger partial charge in [-0.1, -0.05) is 53.9 Å². The van der Waals surface area contributed by atoms with Crippen LogP contribution in [0.15, 0.2) is 47.6 Å². The summed E-state index contributed by atoms with van der Waals surface area (Å²) in [4.78, 5) is 13.3. The molecule has 2 aromatic rings. The van der Waals surface area contributed by atoms with Crippen LogP contribution in [0.4, 0.5) is 5.69 Å². The predicted octanol–water partition coefficient (Wildman–Crippen LogP) is 5.34. The number of nitrogens with one attached hydrogen (secondary N) is 1. The summed E-state index contributed by atoms with van der Waals surface area (Å²) < 4.78 is 5.30. The van der Waals surface area contributed by atoms with E-state index in [-0.39, 0.29) is 23.9 Å². The first-order valence-electron chi connectivity index (χ1n) is 10.5. The predicted molar refractivity (Wildman–Crippen MR) is 129 cm³/mol. The van der Waals surface area contributed by atoms with Crippen LogP contribution in [0.1, 0.15) is 31.4 Å². The molecular weight excluding hydrogens is 471 g/mol. The Hall–Kier alpha value is -1.83. The average molecular weight is 496 g/mol. The van der Waals surface area contributed by atoms with Gasteiger partial charge < -0.3 is 4.74 Å². The van der Waals surface area contributed by atoms with E-state index in [0.717, 1.165) is 24.9 Å². The van der Waals surface area contributed by atoms with Crippen molar-refractivity contribution in [2.75, 3.05) is 25.3 Å². The summed E-state index contributed by atoms with van der Waals surface area (Å²) in [5.41, 5.74) is 5.16. The minimum atomic E-state index is -0.222. The summed E-state index contributed by atoms with van der Waals surface area (Å²) in [6.45, 7) is 3.36. The standard InChI is InChI=1S/C23H25Cl3N4O2/c1-14-21(23(31)28-29-11-3-4-18(29)13-32-2)27-30(20-10-9-17(25)12-19(20)26)22(14)15-5-7-16(24)8-6-15/h5-10,12,14,18,22H,3-4,11,13H2,1-2H3,(H,28,31)/t14-,18-,22+/m1/s1. The Balaban J connectivity index is 1.66. The topological polar surface area (TPSA) is 57.2 Å². The number of benzene rings is 2. The molecule has 6 nitrogen and oxygen atoms in total. The molecule has 0 spiro atoms. The van der Waals surface area contributed by atoms with Crippen LogP contribution in [-0.4, -0.2) is 42.9 Å². The number of methoxy groups -OCH3 is 1. The van der Waals surface area contributed by atoms with Gasteiger partial charge in [-0.25, -0.2) is 5.01 Å². The first-order chi connectivity index (χ1) is 15.4. The summed E-state index contributed by atoms with van der Waals surface area (Å²) in [6.07, 6.45) is 1.99. The number of ether oxygens (including phenoxy) is 1. The Bertz CT molecular complexity index is 1010. The second kappa shape index (κ2) is 9.98. The lowest BCUT2D eigenvalue weighted by molar-refractivity contribution is -0.120. The molecule has 170 valence electrons. The van der Waals surface area contributed by atoms with Crippen LogP contribution in [0.25, 0.3) is 0 Å². The lowest BCUT2D eigenvalue weighted by atomic mass is 9.91. The van der Waals surface area contributed by atoms with E-state index in [2.05, 4.69) is 5.43 Å². The number of carbonyl (C=O) groups is 1. The third-order valence-corrected chi connectivity index (χ3v) is 6.76. The van der Waals surface area contributed by atoms with Crippen molar-refractivity contribution in [1.29, 1.82) is 0 Å². The van der Waals surface area contributed by atoms with Crippen LogP contribution in [0.5, 0.6) is 0 Å². The van der Waals surface area contributed by atoms with Gasteiger partial charge in [0, 0.05) is 29.6 Å². The van der Waals surface area contributed by atoms with Crippen LogP contribution in [0, 0.1) is 5.92 Å². The Morgan fingerprint density at radius 1 is 1.16 bits per heavy atom. The number of hydrazine groups is 1. The molecule has 1 amide bonds. The van der Waals surface area contributed by atoms with Gasteiger partial charge in [0.25, 0.3) is 5.91 Å². The van der Waals surface area contributed by atoms with Crippen molar-refractivity contribution >= 4 is 52.1 Å². The Morgan fingerprint density at radius 2 is 1.88 bits per heavy atom. The average Bonchev–Trinajstić information content (AvgIpc) is 3.33. The third kappa shape index (κ3) is 4.75. The number of hydrogen-bond donors (Lipinski definition) is 1. The molecule has 9 heteroatoms. The van der Waals surface area contributed by atoms with Gasteiger partial charge in [-0.3, -0.25) is 15.2 Å². The monoisotopic (exact) mass is 494 g/mol. The van der Waals surface area contributed by atoms with Crippen molar-refractivity contribution in [1.82, 2.24) is 10.4 Å². The number of hydrazone groups is 1. The van der Waals surface area contributed by atoms with Gasteiger partial charge in [0.05, 0.1) is 29.4 Å². The SMILES string of the molecule is COC[C@H]1CCCN1NC(=O)C1=NN(c2ccc(Cl)cc2Cl)[C@H](c2ccc(Cl)cc2)[C@@H]1C. The molecule has 1 saturated heterocycles. The van der Waals surface area contributed by atoms with Crippen LogP contribution < -0.4 is 10.4 Å². The van der Waals surface area contributed by atoms with Gasteiger partial charge in [0.15, 0.2) is 0 Å². The summed E-state index contributed by atoms with van der Waals surface area (Å²) in [7, 11) is 1.67. The van der Waals surface area contributed by atoms with Crippen molar-refractivity contribution in [3.8, 4) is 0 Å². The van der Waals surface area contributed by atoms with Crippen molar-refractivity contribution in [3.63, 3.8) is 0 Å². The molecular formula is C23H25Cl3N4O2. The highest BCUT2D eigenvalue weighted by molar-refractivity contribution is 6.41. The van der Waals surface area contributed by atoms with E-state index in [0.29, 0.717) is 33.1 Å². The summed E-state index contributed by atoms with van der Waals surface area (Å²) in [6, 6.07) is 12.8. The van der Waals surface area contributed by atoms with Crippen molar-refractivity contribution in [3.05, 3.63) is 63.1 Å². The molecule has 2 aromatic carbocycles. The molecule has 32 heavy (non-hydrogen) atoms. The van der Waals surface area contributed by atoms with Gasteiger partial charge in [-0.15, -0.1) is 0 Å². The molecule has 0 bridgehead atoms. The minimum Gasteiger partial charge on any atom is -0.383 e. The van der Waals surface area contributed by atoms with Crippen LogP contribution in [0.2, 0.25) is 15.1 Å². The van der Waals surface area contributed by atoms with Crippen LogP contribution in [0.3, 0.4) is 0 Å². The second-order valence-electron chi connectivity index (χ2n) is 8.10. The largest absolute Gasteiger partial charge is 0.383 e. The maximum absolute atomic E-state index is 13.3. The van der Waals surface area contributed by atoms with Crippen LogP contribution >= 0.6 is 34.8 Å². The lowest BCUT2D eigenvalue weighted by Crippen LogP contribution is -2.49. The van der Waals surface area contributed by atoms with E-state index >= 15 is 0 Å². The molecule has 0 aliphatic carbocycles. The highest BCUT2D eigenvalue weighted by Gasteiger charge is 2.41. The van der Waals surface area contributed by atoms with E-state index in [1.807, 2.05) is 42.3 Å². The molecule has 3 atom stereocenters. The number of rotatable bonds is 6. The van der Waals surface area contributed by atoms with Gasteiger partial charge in [0.2, 0.25) is 0 Å². The Morgan fingerprint density at radius 3 is 2.56 bits per heavy atom. The molecule has 2 aliphatic rings. The number of amides is 1. The second-order valence-corrected chi connectivity index (χ2v) is 9.38. The summed E-state index contributed by atoms with van der Waals surface area (Å²) in [5, 5.41) is 10.1. The first-order valence-corrected chi connectivity index (χ1v) is 11.7. The van der Waals surface area contributed by atoms with E-state index < -0.39 is 0 Å². The third-order valence-electron chi connectivity index (χ3n) is 5.97. The van der Waals surface area contributed by atoms with Crippen molar-refractivity contribution in [2.45, 2.75) is 31.8 Å². The molecule has 0 radical (unpaired) electrons. The molecule has 1 fully saturated rings. The van der Waals surface area contributed by atoms with Gasteiger partial charge >= 0.3 is 0 Å². The zero-order valence-corrected chi connectivity index (χ0v) is 20.2. The fourth-order valence-electron chi connectivity index (χ4n) is 4.38. The van der Waals surface area contributed by atoms with E-state index in [1.165, 1.54) is 0 Å². The van der Waals surface area contributed by atoms with Gasteiger partial charge in [-0.05, 0) is 48.7 Å². The molecule has 0 saturated carbocycles. The molecule has 0 unspecified atom stereocenters. The number of hydrogen-bond acceptors (Lipinski definition) is 5. The first kappa shape index (κ1) is 23.3. The molecule has 2 aliphatic heterocycles. The van der Waals surface area contributed by atoms with E-state index in [4.69, 9.17) is 44.6 Å². The normalized spacial score (nSPS) is 23.5. The summed E-state index contributed by atoms with van der Waals surface area (Å²) in [5.74, 6) is -0.404. The number of anilines is 1. The van der Waals surface area contributed by atoms with Crippen LogP contribution in [-0.2, 0) is 9.53 Å². The zero-order chi connectivity index (χ0) is 22.8. The molecule has 0 aromatic heterocycles. The maximum Gasteiger partial charge on any atom is 0.282 e. The molecule has 4 rings (SSSR count). The minimum absolute atomic E-state index is 0.162. The van der Waals surface area contributed by atoms with Gasteiger partial charge in [-0.2, -0.15) is 5.10 Å². The molecule has 2 heterocycles. The zero-order valence-electron chi connectivity index (χ0n) is 17.9. The summed E-state index contributed by atoms with van der Waals surface area (Å²) >= 11 is 18.7. The number of carbonyl (C=O) groups excluding carboxylic acids is 1. The van der Waals surface area contributed by atoms with E-state index in [9.17, 15) is 4.79 Å². The van der Waals surface area contributed by atoms with Crippen molar-refractivity contribution in [2.24, 2.45) is 11.0 Å². The van der Waals surface area contributed by atoms with E-state index in [1.54, 1.807) is 24.3 Å². The lowest BCUT2D eigenvalue weighted by Gasteiger charge is -2.28. The highest BCUT2D eigenvalue weighted by atomic mass is 35.5. The fourth-order valence-corrected chi connectivity index (χ4v) is 5.00. The molecule has 1 N–H and O–H groups in total. The Labute approximate surface area is 203 Å². The maximum atomic E-state index is 13.3. The van der Waals surface area contributed by atoms with Gasteiger partial charge in [0.1, 0.15) is 5.71 Å². The fraction of sp³-hybridized carbons (Fsp3) is 0.391. The number of nitrogens with zero attached hydrogens (tertiary/aromatic N) is 3. The quantitative estimate of drug-likeness (QED) is 0.587. The van der Waals surface area contributed by atoms with Crippen molar-refractivity contribution < 1.29 is 9.53 Å². The smallest absolute Gasteiger partial charge is 0.282 e.